The summed E-state index contributed by atoms with van der Waals surface area (Å²) in [6.45, 7) is 0. The van der Waals surface area contributed by atoms with E-state index >= 15 is 0 Å². The second-order valence-electron chi connectivity index (χ2n) is 2.65. The Bertz CT molecular complexity index is 452. The van der Waals surface area contributed by atoms with Crippen LogP contribution in [0.2, 0.25) is 0 Å². The maximum absolute atomic E-state index is 11.5. The standard InChI is InChI=1S/C8H6BrN5O/c9-6-4-10-5(3-11-6)8(15)13-7-1-2-12-14-7/h1-4H,(H2,12,13,14,15). The van der Waals surface area contributed by atoms with E-state index in [1.165, 1.54) is 12.4 Å². The number of hydrogen-bond acceptors (Lipinski definition) is 4. The predicted octanol–water partition coefficient (Wildman–Crippen LogP) is 1.21. The summed E-state index contributed by atoms with van der Waals surface area (Å²) >= 11 is 3.13. The average molecular weight is 268 g/mol. The minimum absolute atomic E-state index is 0.243. The molecule has 0 saturated heterocycles. The fourth-order valence-corrected chi connectivity index (χ4v) is 1.15. The third-order valence-electron chi connectivity index (χ3n) is 1.60. The van der Waals surface area contributed by atoms with E-state index in [9.17, 15) is 4.79 Å². The van der Waals surface area contributed by atoms with Gasteiger partial charge in [-0.25, -0.2) is 9.97 Å². The van der Waals surface area contributed by atoms with E-state index in [0.717, 1.165) is 0 Å². The third kappa shape index (κ3) is 2.38. The van der Waals surface area contributed by atoms with Crippen molar-refractivity contribution in [2.24, 2.45) is 0 Å². The van der Waals surface area contributed by atoms with Gasteiger partial charge in [0.25, 0.3) is 5.91 Å². The van der Waals surface area contributed by atoms with Crippen molar-refractivity contribution in [3.05, 3.63) is 35.0 Å². The molecule has 0 saturated carbocycles. The Kier molecular flexibility index (Phi) is 2.72. The molecule has 2 heterocycles. The van der Waals surface area contributed by atoms with Crippen molar-refractivity contribution in [2.45, 2.75) is 0 Å². The fourth-order valence-electron chi connectivity index (χ4n) is 0.941. The lowest BCUT2D eigenvalue weighted by Gasteiger charge is -2.00. The summed E-state index contributed by atoms with van der Waals surface area (Å²) in [7, 11) is 0. The molecule has 0 aromatic carbocycles. The number of carbonyl (C=O) groups is 1. The molecule has 0 bridgehead atoms. The van der Waals surface area contributed by atoms with Crippen LogP contribution in [0.25, 0.3) is 0 Å². The molecule has 15 heavy (non-hydrogen) atoms. The van der Waals surface area contributed by atoms with Gasteiger partial charge in [-0.2, -0.15) is 5.10 Å². The molecule has 7 heteroatoms. The van der Waals surface area contributed by atoms with Gasteiger partial charge in [-0.15, -0.1) is 0 Å². The lowest BCUT2D eigenvalue weighted by atomic mass is 10.4. The first-order valence-corrected chi connectivity index (χ1v) is 4.83. The van der Waals surface area contributed by atoms with Crippen LogP contribution < -0.4 is 5.32 Å². The first-order valence-electron chi connectivity index (χ1n) is 4.04. The molecule has 1 amide bonds. The monoisotopic (exact) mass is 267 g/mol. The maximum atomic E-state index is 11.5. The Morgan fingerprint density at radius 2 is 2.27 bits per heavy atom. The van der Waals surface area contributed by atoms with Crippen molar-refractivity contribution in [3.8, 4) is 0 Å². The molecule has 2 aromatic heterocycles. The molecule has 0 aliphatic carbocycles. The number of nitrogens with one attached hydrogen (secondary N) is 2. The van der Waals surface area contributed by atoms with E-state index in [1.807, 2.05) is 0 Å². The van der Waals surface area contributed by atoms with Gasteiger partial charge >= 0.3 is 0 Å². The van der Waals surface area contributed by atoms with Gasteiger partial charge in [0.05, 0.1) is 18.6 Å². The van der Waals surface area contributed by atoms with Crippen LogP contribution in [0.5, 0.6) is 0 Å². The minimum atomic E-state index is -0.334. The Morgan fingerprint density at radius 3 is 2.87 bits per heavy atom. The van der Waals surface area contributed by atoms with Gasteiger partial charge < -0.3 is 5.32 Å². The Morgan fingerprint density at radius 1 is 1.40 bits per heavy atom. The number of amides is 1. The highest BCUT2D eigenvalue weighted by Crippen LogP contribution is 2.05. The fraction of sp³-hybridized carbons (Fsp3) is 0. The van der Waals surface area contributed by atoms with Gasteiger partial charge in [0.2, 0.25) is 0 Å². The van der Waals surface area contributed by atoms with E-state index < -0.39 is 0 Å². The molecule has 76 valence electrons. The van der Waals surface area contributed by atoms with Gasteiger partial charge in [0.1, 0.15) is 16.1 Å². The van der Waals surface area contributed by atoms with Crippen molar-refractivity contribution >= 4 is 27.7 Å². The van der Waals surface area contributed by atoms with Crippen LogP contribution in [0.15, 0.2) is 29.3 Å². The molecule has 6 nitrogen and oxygen atoms in total. The molecule has 0 aliphatic rings. The number of aromatic amines is 1. The molecule has 2 aromatic rings. The number of aromatic nitrogens is 4. The van der Waals surface area contributed by atoms with Crippen LogP contribution >= 0.6 is 15.9 Å². The van der Waals surface area contributed by atoms with Crippen molar-refractivity contribution < 1.29 is 4.79 Å². The zero-order valence-corrected chi connectivity index (χ0v) is 9.02. The van der Waals surface area contributed by atoms with Crippen LogP contribution in [0.1, 0.15) is 10.5 Å². The van der Waals surface area contributed by atoms with Gasteiger partial charge in [-0.05, 0) is 15.9 Å². The van der Waals surface area contributed by atoms with E-state index in [2.05, 4.69) is 41.4 Å². The summed E-state index contributed by atoms with van der Waals surface area (Å²) < 4.78 is 0.584. The summed E-state index contributed by atoms with van der Waals surface area (Å²) in [4.78, 5) is 19.3. The van der Waals surface area contributed by atoms with E-state index in [-0.39, 0.29) is 11.6 Å². The van der Waals surface area contributed by atoms with Crippen molar-refractivity contribution in [1.29, 1.82) is 0 Å². The number of rotatable bonds is 2. The summed E-state index contributed by atoms with van der Waals surface area (Å²) in [6.07, 6.45) is 4.39. The van der Waals surface area contributed by atoms with Crippen molar-refractivity contribution in [2.75, 3.05) is 5.32 Å². The number of carbonyl (C=O) groups excluding carboxylic acids is 1. The molecule has 0 atom stereocenters. The summed E-state index contributed by atoms with van der Waals surface area (Å²) in [6, 6.07) is 1.64. The molecule has 2 N–H and O–H groups in total. The molecular weight excluding hydrogens is 262 g/mol. The average Bonchev–Trinajstić information content (AvgIpc) is 2.71. The van der Waals surface area contributed by atoms with Crippen LogP contribution in [-0.2, 0) is 0 Å². The highest BCUT2D eigenvalue weighted by atomic mass is 79.9. The normalized spacial score (nSPS) is 9.93. The number of nitrogens with zero attached hydrogens (tertiary/aromatic N) is 3. The highest BCUT2D eigenvalue weighted by Gasteiger charge is 2.08. The lowest BCUT2D eigenvalue weighted by Crippen LogP contribution is -2.14. The second kappa shape index (κ2) is 4.18. The van der Waals surface area contributed by atoms with Crippen LogP contribution in [0.3, 0.4) is 0 Å². The molecule has 2 rings (SSSR count). The maximum Gasteiger partial charge on any atom is 0.276 e. The molecule has 0 radical (unpaired) electrons. The summed E-state index contributed by atoms with van der Waals surface area (Å²) in [5.41, 5.74) is 0.243. The lowest BCUT2D eigenvalue weighted by molar-refractivity contribution is 0.102. The number of H-pyrrole nitrogens is 1. The summed E-state index contributed by atoms with van der Waals surface area (Å²) in [5.74, 6) is 0.184. The first kappa shape index (κ1) is 9.78. The Labute approximate surface area is 93.3 Å². The molecule has 0 unspecified atom stereocenters. The molecule has 0 fully saturated rings. The zero-order chi connectivity index (χ0) is 10.7. The molecule has 0 aliphatic heterocycles. The minimum Gasteiger partial charge on any atom is -0.306 e. The highest BCUT2D eigenvalue weighted by molar-refractivity contribution is 9.10. The third-order valence-corrected chi connectivity index (χ3v) is 2.01. The number of halogens is 1. The van der Waals surface area contributed by atoms with Crippen molar-refractivity contribution in [3.63, 3.8) is 0 Å². The smallest absolute Gasteiger partial charge is 0.276 e. The molecule has 0 spiro atoms. The van der Waals surface area contributed by atoms with Crippen LogP contribution in [0.4, 0.5) is 5.82 Å². The van der Waals surface area contributed by atoms with Crippen LogP contribution in [0, 0.1) is 0 Å². The topological polar surface area (TPSA) is 83.6 Å². The quantitative estimate of drug-likeness (QED) is 0.857. The molecular formula is C8H6BrN5O. The second-order valence-corrected chi connectivity index (χ2v) is 3.46. The van der Waals surface area contributed by atoms with Crippen LogP contribution in [-0.4, -0.2) is 26.1 Å². The largest absolute Gasteiger partial charge is 0.306 e. The predicted molar refractivity (Wildman–Crippen MR) is 56.3 cm³/mol. The van der Waals surface area contributed by atoms with Gasteiger partial charge in [0, 0.05) is 6.07 Å². The first-order chi connectivity index (χ1) is 7.25. The Balaban J connectivity index is 2.11. The van der Waals surface area contributed by atoms with E-state index in [4.69, 9.17) is 0 Å². The number of hydrogen-bond donors (Lipinski definition) is 2. The van der Waals surface area contributed by atoms with E-state index in [1.54, 1.807) is 12.3 Å². The Hall–Kier alpha value is -1.76. The van der Waals surface area contributed by atoms with Crippen molar-refractivity contribution in [1.82, 2.24) is 20.2 Å². The summed E-state index contributed by atoms with van der Waals surface area (Å²) in [5, 5.41) is 8.89. The SMILES string of the molecule is O=C(Nc1ccn[nH]1)c1cnc(Br)cn1. The zero-order valence-electron chi connectivity index (χ0n) is 7.44. The van der Waals surface area contributed by atoms with Gasteiger partial charge in [-0.3, -0.25) is 9.89 Å². The van der Waals surface area contributed by atoms with Gasteiger partial charge in [0.15, 0.2) is 0 Å². The van der Waals surface area contributed by atoms with Gasteiger partial charge in [-0.1, -0.05) is 0 Å². The number of anilines is 1. The van der Waals surface area contributed by atoms with E-state index in [0.29, 0.717) is 10.4 Å².